The van der Waals surface area contributed by atoms with Crippen LogP contribution in [0.2, 0.25) is 0 Å². The fourth-order valence-corrected chi connectivity index (χ4v) is 1.26. The van der Waals surface area contributed by atoms with Crippen LogP contribution >= 0.6 is 0 Å². The van der Waals surface area contributed by atoms with Crippen LogP contribution in [0, 0.1) is 0 Å². The summed E-state index contributed by atoms with van der Waals surface area (Å²) in [5, 5.41) is 10.8. The highest BCUT2D eigenvalue weighted by molar-refractivity contribution is 5.69. The molecular weight excluding hydrogens is 223 g/mol. The maximum absolute atomic E-state index is 12.5. The first-order valence-electron chi connectivity index (χ1n) is 4.49. The summed E-state index contributed by atoms with van der Waals surface area (Å²) in [7, 11) is 0. The molecule has 0 aliphatic rings. The van der Waals surface area contributed by atoms with E-state index in [1.807, 2.05) is 0 Å². The van der Waals surface area contributed by atoms with Crippen LogP contribution in [0.1, 0.15) is 11.1 Å². The van der Waals surface area contributed by atoms with E-state index < -0.39 is 17.7 Å². The smallest absolute Gasteiger partial charge is 0.416 e. The predicted octanol–water partition coefficient (Wildman–Crippen LogP) is 1.88. The lowest BCUT2D eigenvalue weighted by atomic mass is 10.1. The zero-order valence-corrected chi connectivity index (χ0v) is 8.21. The minimum absolute atomic E-state index is 0.0382. The fourth-order valence-electron chi connectivity index (χ4n) is 1.26. The monoisotopic (exact) mass is 233 g/mol. The molecule has 0 radical (unpaired) electrons. The number of aliphatic carboxylic acids is 1. The second-order valence-corrected chi connectivity index (χ2v) is 3.15. The number of halogens is 3. The molecule has 0 aliphatic heterocycles. The quantitative estimate of drug-likeness (QED) is 0.834. The lowest BCUT2D eigenvalue weighted by Crippen LogP contribution is -2.23. The first kappa shape index (κ1) is 12.5. The molecule has 0 heterocycles. The minimum Gasteiger partial charge on any atom is -0.480 e. The van der Waals surface area contributed by atoms with Gasteiger partial charge in [-0.25, -0.2) is 0 Å². The van der Waals surface area contributed by atoms with Gasteiger partial charge < -0.3 is 10.4 Å². The Morgan fingerprint density at radius 2 is 1.94 bits per heavy atom. The van der Waals surface area contributed by atoms with Gasteiger partial charge in [-0.3, -0.25) is 4.79 Å². The number of alkyl halides is 3. The van der Waals surface area contributed by atoms with Crippen molar-refractivity contribution in [1.29, 1.82) is 0 Å². The normalized spacial score (nSPS) is 11.4. The van der Waals surface area contributed by atoms with Crippen LogP contribution < -0.4 is 5.32 Å². The largest absolute Gasteiger partial charge is 0.480 e. The third-order valence-corrected chi connectivity index (χ3v) is 1.91. The van der Waals surface area contributed by atoms with Crippen molar-refractivity contribution in [2.45, 2.75) is 12.7 Å². The van der Waals surface area contributed by atoms with Crippen molar-refractivity contribution in [3.8, 4) is 0 Å². The molecule has 0 amide bonds. The van der Waals surface area contributed by atoms with E-state index >= 15 is 0 Å². The Kier molecular flexibility index (Phi) is 3.89. The highest BCUT2D eigenvalue weighted by atomic mass is 19.4. The van der Waals surface area contributed by atoms with Gasteiger partial charge >= 0.3 is 12.1 Å². The minimum atomic E-state index is -4.42. The molecule has 1 aromatic rings. The first-order chi connectivity index (χ1) is 7.41. The molecule has 1 rings (SSSR count). The third kappa shape index (κ3) is 3.54. The van der Waals surface area contributed by atoms with Gasteiger partial charge in [-0.05, 0) is 11.6 Å². The summed E-state index contributed by atoms with van der Waals surface area (Å²) in [6.07, 6.45) is -4.42. The third-order valence-electron chi connectivity index (χ3n) is 1.91. The molecule has 88 valence electrons. The maximum Gasteiger partial charge on any atom is 0.416 e. The second-order valence-electron chi connectivity index (χ2n) is 3.15. The Morgan fingerprint density at radius 3 is 2.50 bits per heavy atom. The Morgan fingerprint density at radius 1 is 1.31 bits per heavy atom. The number of hydrogen-bond donors (Lipinski definition) is 2. The van der Waals surface area contributed by atoms with E-state index in [0.717, 1.165) is 6.07 Å². The summed E-state index contributed by atoms with van der Waals surface area (Å²) in [4.78, 5) is 10.2. The molecule has 0 saturated heterocycles. The van der Waals surface area contributed by atoms with Gasteiger partial charge in [0.05, 0.1) is 12.1 Å². The summed E-state index contributed by atoms with van der Waals surface area (Å²) >= 11 is 0. The van der Waals surface area contributed by atoms with E-state index in [0.29, 0.717) is 0 Å². The van der Waals surface area contributed by atoms with E-state index in [9.17, 15) is 18.0 Å². The molecule has 0 unspecified atom stereocenters. The van der Waals surface area contributed by atoms with Gasteiger partial charge in [-0.1, -0.05) is 18.2 Å². The van der Waals surface area contributed by atoms with Gasteiger partial charge in [0.2, 0.25) is 0 Å². The zero-order valence-electron chi connectivity index (χ0n) is 8.21. The van der Waals surface area contributed by atoms with E-state index in [1.54, 1.807) is 0 Å². The second kappa shape index (κ2) is 4.98. The molecular formula is C10H10F3NO2. The molecule has 0 spiro atoms. The van der Waals surface area contributed by atoms with Crippen molar-refractivity contribution < 1.29 is 23.1 Å². The Balaban J connectivity index is 2.76. The van der Waals surface area contributed by atoms with Crippen molar-refractivity contribution in [2.24, 2.45) is 0 Å². The predicted molar refractivity (Wildman–Crippen MR) is 50.8 cm³/mol. The van der Waals surface area contributed by atoms with Crippen LogP contribution in [-0.4, -0.2) is 17.6 Å². The highest BCUT2D eigenvalue weighted by Gasteiger charge is 2.32. The molecule has 0 atom stereocenters. The summed E-state index contributed by atoms with van der Waals surface area (Å²) in [5.74, 6) is -1.11. The van der Waals surface area contributed by atoms with Gasteiger partial charge in [0.1, 0.15) is 0 Å². The Bertz CT molecular complexity index is 377. The van der Waals surface area contributed by atoms with E-state index in [2.05, 4.69) is 5.32 Å². The van der Waals surface area contributed by atoms with Gasteiger partial charge in [0, 0.05) is 6.54 Å². The Hall–Kier alpha value is -1.56. The first-order valence-corrected chi connectivity index (χ1v) is 4.49. The molecule has 0 bridgehead atoms. The number of carboxylic acids is 1. The average Bonchev–Trinajstić information content (AvgIpc) is 2.16. The molecule has 3 nitrogen and oxygen atoms in total. The molecule has 0 saturated carbocycles. The zero-order chi connectivity index (χ0) is 12.2. The number of hydrogen-bond acceptors (Lipinski definition) is 2. The number of nitrogens with one attached hydrogen (secondary N) is 1. The molecule has 16 heavy (non-hydrogen) atoms. The molecule has 0 aromatic heterocycles. The summed E-state index contributed by atoms with van der Waals surface area (Å²) in [6.45, 7) is -0.492. The van der Waals surface area contributed by atoms with Crippen LogP contribution in [-0.2, 0) is 17.5 Å². The van der Waals surface area contributed by atoms with Crippen LogP contribution in [0.3, 0.4) is 0 Å². The van der Waals surface area contributed by atoms with Gasteiger partial charge in [-0.15, -0.1) is 0 Å². The van der Waals surface area contributed by atoms with Crippen LogP contribution in [0.5, 0.6) is 0 Å². The summed E-state index contributed by atoms with van der Waals surface area (Å²) in [5.41, 5.74) is -0.705. The van der Waals surface area contributed by atoms with Gasteiger partial charge in [-0.2, -0.15) is 13.2 Å². The van der Waals surface area contributed by atoms with Crippen LogP contribution in [0.4, 0.5) is 13.2 Å². The molecule has 0 aliphatic carbocycles. The van der Waals surface area contributed by atoms with Crippen LogP contribution in [0.15, 0.2) is 24.3 Å². The van der Waals surface area contributed by atoms with Crippen molar-refractivity contribution in [3.05, 3.63) is 35.4 Å². The van der Waals surface area contributed by atoms with Crippen molar-refractivity contribution in [2.75, 3.05) is 6.54 Å². The van der Waals surface area contributed by atoms with Crippen molar-refractivity contribution in [3.63, 3.8) is 0 Å². The number of carboxylic acid groups (broad SMARTS) is 1. The summed E-state index contributed by atoms with van der Waals surface area (Å²) < 4.78 is 37.5. The highest BCUT2D eigenvalue weighted by Crippen LogP contribution is 2.31. The van der Waals surface area contributed by atoms with E-state index in [1.165, 1.54) is 18.2 Å². The topological polar surface area (TPSA) is 49.3 Å². The summed E-state index contributed by atoms with van der Waals surface area (Å²) in [6, 6.07) is 5.06. The van der Waals surface area contributed by atoms with Crippen molar-refractivity contribution in [1.82, 2.24) is 5.32 Å². The van der Waals surface area contributed by atoms with Gasteiger partial charge in [0.15, 0.2) is 0 Å². The lowest BCUT2D eigenvalue weighted by molar-refractivity contribution is -0.138. The average molecular weight is 233 g/mol. The lowest BCUT2D eigenvalue weighted by Gasteiger charge is -2.12. The SMILES string of the molecule is O=C(O)CNCc1ccccc1C(F)(F)F. The number of rotatable bonds is 4. The maximum atomic E-state index is 12.5. The Labute approximate surface area is 89.9 Å². The molecule has 2 N–H and O–H groups in total. The number of benzene rings is 1. The molecule has 6 heteroatoms. The van der Waals surface area contributed by atoms with Crippen LogP contribution in [0.25, 0.3) is 0 Å². The van der Waals surface area contributed by atoms with Gasteiger partial charge in [0.25, 0.3) is 0 Å². The van der Waals surface area contributed by atoms with E-state index in [-0.39, 0.29) is 18.7 Å². The molecule has 1 aromatic carbocycles. The van der Waals surface area contributed by atoms with E-state index in [4.69, 9.17) is 5.11 Å². The standard InChI is InChI=1S/C10H10F3NO2/c11-10(12,13)8-4-2-1-3-7(8)5-14-6-9(15)16/h1-4,14H,5-6H2,(H,15,16). The molecule has 0 fully saturated rings. The van der Waals surface area contributed by atoms with Crippen molar-refractivity contribution >= 4 is 5.97 Å². The number of carbonyl (C=O) groups is 1. The fraction of sp³-hybridized carbons (Fsp3) is 0.300.